The monoisotopic (exact) mass is 569 g/mol. The lowest BCUT2D eigenvalue weighted by Crippen LogP contribution is -2.47. The molecule has 3 heterocycles. The molecule has 3 aromatic rings. The molecule has 0 unspecified atom stereocenters. The predicted octanol–water partition coefficient (Wildman–Crippen LogP) is 3.58. The fraction of sp³-hybridized carbons (Fsp3) is 0.552. The average Bonchev–Trinajstić information content (AvgIpc) is 3.36. The maximum Gasteiger partial charge on any atom is 0.225 e. The fourth-order valence-electron chi connectivity index (χ4n) is 5.66. The molecule has 10 nitrogen and oxygen atoms in total. The van der Waals surface area contributed by atoms with Crippen molar-refractivity contribution in [2.45, 2.75) is 63.5 Å². The SMILES string of the molecule is CC1(O)CCN(C(=O)C2CCC(Nc3nccc(-n4ccc5c(OCCCS(C)(=O)=O)cccc54)n3)CC2)CC1. The third-order valence-corrected chi connectivity index (χ3v) is 9.09. The van der Waals surface area contributed by atoms with Crippen LogP contribution in [0.3, 0.4) is 0 Å². The Morgan fingerprint density at radius 2 is 1.90 bits per heavy atom. The van der Waals surface area contributed by atoms with Crippen molar-refractivity contribution in [2.24, 2.45) is 5.92 Å². The second-order valence-electron chi connectivity index (χ2n) is 11.5. The van der Waals surface area contributed by atoms with Crippen LogP contribution in [0.25, 0.3) is 16.7 Å². The van der Waals surface area contributed by atoms with E-state index >= 15 is 0 Å². The number of carbonyl (C=O) groups is 1. The Labute approximate surface area is 235 Å². The first-order valence-electron chi connectivity index (χ1n) is 14.1. The van der Waals surface area contributed by atoms with Crippen LogP contribution in [0.4, 0.5) is 5.95 Å². The van der Waals surface area contributed by atoms with Crippen molar-refractivity contribution < 1.29 is 23.1 Å². The molecular formula is C29H39N5O5S. The lowest BCUT2D eigenvalue weighted by Gasteiger charge is -2.38. The van der Waals surface area contributed by atoms with Gasteiger partial charge in [-0.15, -0.1) is 0 Å². The molecule has 1 aliphatic carbocycles. The van der Waals surface area contributed by atoms with E-state index < -0.39 is 15.4 Å². The summed E-state index contributed by atoms with van der Waals surface area (Å²) in [5.74, 6) is 2.36. The highest BCUT2D eigenvalue weighted by molar-refractivity contribution is 7.90. The first-order valence-corrected chi connectivity index (χ1v) is 16.2. The van der Waals surface area contributed by atoms with Crippen molar-refractivity contribution >= 4 is 32.6 Å². The first kappa shape index (κ1) is 28.4. The Hall–Kier alpha value is -3.18. The molecule has 1 aliphatic heterocycles. The van der Waals surface area contributed by atoms with Crippen LogP contribution in [0.15, 0.2) is 42.7 Å². The molecular weight excluding hydrogens is 530 g/mol. The van der Waals surface area contributed by atoms with Crippen molar-refractivity contribution in [3.63, 3.8) is 0 Å². The van der Waals surface area contributed by atoms with Gasteiger partial charge >= 0.3 is 0 Å². The molecule has 0 radical (unpaired) electrons. The number of carbonyl (C=O) groups excluding carboxylic acids is 1. The molecule has 40 heavy (non-hydrogen) atoms. The summed E-state index contributed by atoms with van der Waals surface area (Å²) in [6.45, 7) is 3.44. The number of hydrogen-bond donors (Lipinski definition) is 2. The number of aromatic nitrogens is 3. The van der Waals surface area contributed by atoms with Crippen molar-refractivity contribution in [1.82, 2.24) is 19.4 Å². The minimum Gasteiger partial charge on any atom is -0.493 e. The summed E-state index contributed by atoms with van der Waals surface area (Å²) in [4.78, 5) is 24.2. The lowest BCUT2D eigenvalue weighted by molar-refractivity contribution is -0.140. The third-order valence-electron chi connectivity index (χ3n) is 8.06. The Morgan fingerprint density at radius 1 is 1.15 bits per heavy atom. The fourth-order valence-corrected chi connectivity index (χ4v) is 6.30. The molecule has 1 amide bonds. The number of nitrogens with one attached hydrogen (secondary N) is 1. The highest BCUT2D eigenvalue weighted by Gasteiger charge is 2.34. The number of anilines is 1. The predicted molar refractivity (Wildman–Crippen MR) is 154 cm³/mol. The molecule has 216 valence electrons. The summed E-state index contributed by atoms with van der Waals surface area (Å²) in [6.07, 6.45) is 10.0. The first-order chi connectivity index (χ1) is 19.1. The second-order valence-corrected chi connectivity index (χ2v) is 13.7. The number of piperidine rings is 1. The topological polar surface area (TPSA) is 127 Å². The van der Waals surface area contributed by atoms with E-state index in [-0.39, 0.29) is 23.6 Å². The molecule has 11 heteroatoms. The van der Waals surface area contributed by atoms with Crippen molar-refractivity contribution in [1.29, 1.82) is 0 Å². The van der Waals surface area contributed by atoms with Gasteiger partial charge < -0.3 is 24.6 Å². The number of rotatable bonds is 9. The van der Waals surface area contributed by atoms with Gasteiger partial charge in [0.05, 0.1) is 23.5 Å². The zero-order valence-corrected chi connectivity index (χ0v) is 24.1. The molecule has 1 saturated carbocycles. The summed E-state index contributed by atoms with van der Waals surface area (Å²) in [5, 5.41) is 14.6. The van der Waals surface area contributed by atoms with Crippen LogP contribution in [0, 0.1) is 5.92 Å². The van der Waals surface area contributed by atoms with Crippen molar-refractivity contribution in [3.05, 3.63) is 42.7 Å². The molecule has 1 aromatic carbocycles. The minimum absolute atomic E-state index is 0.0439. The Bertz CT molecular complexity index is 1440. The highest BCUT2D eigenvalue weighted by atomic mass is 32.2. The number of likely N-dealkylation sites (tertiary alicyclic amines) is 1. The van der Waals surface area contributed by atoms with Gasteiger partial charge in [0.15, 0.2) is 0 Å². The van der Waals surface area contributed by atoms with Gasteiger partial charge in [-0.25, -0.2) is 13.4 Å². The number of hydrogen-bond acceptors (Lipinski definition) is 8. The summed E-state index contributed by atoms with van der Waals surface area (Å²) in [5.41, 5.74) is 0.278. The smallest absolute Gasteiger partial charge is 0.225 e. The molecule has 0 atom stereocenters. The van der Waals surface area contributed by atoms with E-state index in [1.54, 1.807) is 6.20 Å². The zero-order valence-electron chi connectivity index (χ0n) is 23.3. The molecule has 0 bridgehead atoms. The summed E-state index contributed by atoms with van der Waals surface area (Å²) in [7, 11) is -3.01. The van der Waals surface area contributed by atoms with E-state index in [2.05, 4.69) is 10.3 Å². The Morgan fingerprint density at radius 3 is 2.62 bits per heavy atom. The van der Waals surface area contributed by atoms with Crippen LogP contribution in [0.5, 0.6) is 5.75 Å². The van der Waals surface area contributed by atoms with Gasteiger partial charge in [-0.2, -0.15) is 4.98 Å². The molecule has 2 fully saturated rings. The average molecular weight is 570 g/mol. The summed E-state index contributed by atoms with van der Waals surface area (Å²) in [6, 6.07) is 9.83. The number of sulfone groups is 1. The van der Waals surface area contributed by atoms with Crippen LogP contribution in [-0.4, -0.2) is 82.2 Å². The third kappa shape index (κ3) is 6.93. The van der Waals surface area contributed by atoms with E-state index in [4.69, 9.17) is 9.72 Å². The Balaban J connectivity index is 1.19. The summed E-state index contributed by atoms with van der Waals surface area (Å²) >= 11 is 0. The van der Waals surface area contributed by atoms with Gasteiger partial charge in [-0.1, -0.05) is 6.07 Å². The van der Waals surface area contributed by atoms with Crippen LogP contribution in [0.2, 0.25) is 0 Å². The molecule has 2 aromatic heterocycles. The molecule has 2 aliphatic rings. The van der Waals surface area contributed by atoms with Gasteiger partial charge in [0.25, 0.3) is 0 Å². The van der Waals surface area contributed by atoms with E-state index in [0.29, 0.717) is 50.7 Å². The standard InChI is InChI=1S/C29H39N5O5S/c1-29(36)13-17-33(18-14-29)27(35)21-7-9-22(10-8-21)31-28-30-15-11-26(32-28)34-16-12-23-24(34)5-3-6-25(23)39-19-4-20-40(2,37)38/h3,5-6,11-12,15-16,21-22,36H,4,7-10,13-14,17-20H2,1-2H3,(H,30,31,32). The number of ether oxygens (including phenoxy) is 1. The molecule has 2 N–H and O–H groups in total. The van der Waals surface area contributed by atoms with Crippen molar-refractivity contribution in [3.8, 4) is 11.6 Å². The maximum absolute atomic E-state index is 13.0. The van der Waals surface area contributed by atoms with Gasteiger partial charge in [0.2, 0.25) is 11.9 Å². The van der Waals surface area contributed by atoms with Gasteiger partial charge in [0.1, 0.15) is 21.4 Å². The Kier molecular flexibility index (Phi) is 8.32. The van der Waals surface area contributed by atoms with Crippen LogP contribution >= 0.6 is 0 Å². The van der Waals surface area contributed by atoms with E-state index in [0.717, 1.165) is 42.4 Å². The molecule has 0 spiro atoms. The lowest BCUT2D eigenvalue weighted by atomic mass is 9.84. The number of aliphatic hydroxyl groups is 1. The number of fused-ring (bicyclic) bond motifs is 1. The highest BCUT2D eigenvalue weighted by Crippen LogP contribution is 2.31. The van der Waals surface area contributed by atoms with Gasteiger partial charge in [-0.05, 0) is 76.1 Å². The molecule has 1 saturated heterocycles. The van der Waals surface area contributed by atoms with Crippen LogP contribution in [-0.2, 0) is 14.6 Å². The normalized spacial score (nSPS) is 21.3. The number of amides is 1. The van der Waals surface area contributed by atoms with Crippen LogP contribution in [0.1, 0.15) is 51.9 Å². The zero-order chi connectivity index (χ0) is 28.3. The quantitative estimate of drug-likeness (QED) is 0.375. The van der Waals surface area contributed by atoms with E-state index in [1.807, 2.05) is 52.9 Å². The van der Waals surface area contributed by atoms with Gasteiger partial charge in [0, 0.05) is 49.1 Å². The summed E-state index contributed by atoms with van der Waals surface area (Å²) < 4.78 is 30.7. The van der Waals surface area contributed by atoms with E-state index in [1.165, 1.54) is 6.26 Å². The maximum atomic E-state index is 13.0. The van der Waals surface area contributed by atoms with Crippen molar-refractivity contribution in [2.75, 3.05) is 37.0 Å². The van der Waals surface area contributed by atoms with Crippen LogP contribution < -0.4 is 10.1 Å². The molecule has 5 rings (SSSR count). The number of benzene rings is 1. The largest absolute Gasteiger partial charge is 0.493 e. The van der Waals surface area contributed by atoms with Gasteiger partial charge in [-0.3, -0.25) is 4.79 Å². The second kappa shape index (κ2) is 11.7. The minimum atomic E-state index is -3.01. The van der Waals surface area contributed by atoms with E-state index in [9.17, 15) is 18.3 Å². The number of nitrogens with zero attached hydrogens (tertiary/aromatic N) is 4.